The number of ether oxygens (including phenoxy) is 1. The van der Waals surface area contributed by atoms with Gasteiger partial charge in [0.15, 0.2) is 0 Å². The first-order chi connectivity index (χ1) is 16.4. The molecule has 0 saturated heterocycles. The van der Waals surface area contributed by atoms with Crippen molar-refractivity contribution >= 4 is 23.7 Å². The number of para-hydroxylation sites is 1. The van der Waals surface area contributed by atoms with Crippen LogP contribution in [0.2, 0.25) is 0 Å². The molecule has 7 nitrogen and oxygen atoms in total. The summed E-state index contributed by atoms with van der Waals surface area (Å²) in [5.41, 5.74) is 5.74. The number of nitrogens with one attached hydrogen (secondary N) is 2. The maximum Gasteiger partial charge on any atom is 0.407 e. The number of alkyl carbamates (subject to hydrolysis) is 1. The fraction of sp³-hybridized carbons (Fsp3) is 0.222. The molecule has 4 rings (SSSR count). The van der Waals surface area contributed by atoms with Crippen molar-refractivity contribution < 1.29 is 24.2 Å². The minimum absolute atomic E-state index is 0.0412. The fourth-order valence-electron chi connectivity index (χ4n) is 4.23. The molecule has 0 bridgehead atoms. The summed E-state index contributed by atoms with van der Waals surface area (Å²) in [5, 5.41) is 14.3. The highest BCUT2D eigenvalue weighted by Gasteiger charge is 2.29. The summed E-state index contributed by atoms with van der Waals surface area (Å²) in [6, 6.07) is 22.3. The number of benzene rings is 3. The van der Waals surface area contributed by atoms with Crippen LogP contribution >= 0.6 is 0 Å². The number of hydrogen-bond donors (Lipinski definition) is 3. The Labute approximate surface area is 197 Å². The summed E-state index contributed by atoms with van der Waals surface area (Å²) in [7, 11) is 0. The largest absolute Gasteiger partial charge is 0.481 e. The smallest absolute Gasteiger partial charge is 0.407 e. The Morgan fingerprint density at radius 3 is 2.15 bits per heavy atom. The van der Waals surface area contributed by atoms with Crippen molar-refractivity contribution in [3.63, 3.8) is 0 Å². The molecule has 3 aromatic rings. The van der Waals surface area contributed by atoms with E-state index in [2.05, 4.69) is 22.8 Å². The summed E-state index contributed by atoms with van der Waals surface area (Å²) >= 11 is 0. The van der Waals surface area contributed by atoms with Crippen LogP contribution in [0.1, 0.15) is 36.0 Å². The molecule has 7 heteroatoms. The number of carbonyl (C=O) groups excluding carboxylic acids is 2. The molecule has 0 fully saturated rings. The second-order valence-electron chi connectivity index (χ2n) is 8.23. The number of carboxylic acids is 1. The highest BCUT2D eigenvalue weighted by Crippen LogP contribution is 2.44. The predicted molar refractivity (Wildman–Crippen MR) is 129 cm³/mol. The van der Waals surface area contributed by atoms with E-state index < -0.39 is 24.0 Å². The van der Waals surface area contributed by atoms with E-state index in [1.54, 1.807) is 31.2 Å². The van der Waals surface area contributed by atoms with Crippen molar-refractivity contribution in [2.24, 2.45) is 0 Å². The molecule has 2 amide bonds. The van der Waals surface area contributed by atoms with Gasteiger partial charge in [0.25, 0.3) is 0 Å². The molecule has 0 spiro atoms. The zero-order valence-corrected chi connectivity index (χ0v) is 18.8. The van der Waals surface area contributed by atoms with Crippen LogP contribution in [-0.2, 0) is 20.7 Å². The van der Waals surface area contributed by atoms with Crippen molar-refractivity contribution in [1.82, 2.24) is 5.32 Å². The van der Waals surface area contributed by atoms with E-state index in [0.29, 0.717) is 17.7 Å². The van der Waals surface area contributed by atoms with Crippen LogP contribution in [-0.4, -0.2) is 35.7 Å². The van der Waals surface area contributed by atoms with Crippen molar-refractivity contribution in [1.29, 1.82) is 0 Å². The summed E-state index contributed by atoms with van der Waals surface area (Å²) < 4.78 is 5.50. The first-order valence-corrected chi connectivity index (χ1v) is 11.2. The molecule has 1 aliphatic carbocycles. The SMILES string of the molecule is C[C@@H](NC(=O)OCC1c2ccccc2-c2ccccc21)C(=O)Nc1ccccc1CCC(=O)O. The highest BCUT2D eigenvalue weighted by molar-refractivity contribution is 5.96. The average molecular weight is 459 g/mol. The summed E-state index contributed by atoms with van der Waals surface area (Å²) in [4.78, 5) is 36.0. The van der Waals surface area contributed by atoms with E-state index in [-0.39, 0.29) is 18.9 Å². The molecule has 0 heterocycles. The van der Waals surface area contributed by atoms with Gasteiger partial charge >= 0.3 is 12.1 Å². The topological polar surface area (TPSA) is 105 Å². The normalized spacial score (nSPS) is 12.9. The highest BCUT2D eigenvalue weighted by atomic mass is 16.5. The Balaban J connectivity index is 1.34. The number of aryl methyl sites for hydroxylation is 1. The van der Waals surface area contributed by atoms with Crippen LogP contribution < -0.4 is 10.6 Å². The first-order valence-electron chi connectivity index (χ1n) is 11.2. The molecular weight excluding hydrogens is 432 g/mol. The zero-order valence-electron chi connectivity index (χ0n) is 18.8. The van der Waals surface area contributed by atoms with Gasteiger partial charge in [-0.2, -0.15) is 0 Å². The lowest BCUT2D eigenvalue weighted by atomic mass is 9.98. The van der Waals surface area contributed by atoms with Gasteiger partial charge in [0.1, 0.15) is 12.6 Å². The molecule has 0 radical (unpaired) electrons. The standard InChI is InChI=1S/C27H26N2O5/c1-17(26(32)29-24-13-7-2-8-18(24)14-15-25(30)31)28-27(33)34-16-23-21-11-5-3-9-19(21)20-10-4-6-12-22(20)23/h2-13,17,23H,14-16H2,1H3,(H,28,33)(H,29,32)(H,30,31)/t17-/m1/s1. The second kappa shape index (κ2) is 10.2. The monoisotopic (exact) mass is 458 g/mol. The number of rotatable bonds is 8. The zero-order chi connectivity index (χ0) is 24.1. The van der Waals surface area contributed by atoms with Gasteiger partial charge in [-0.15, -0.1) is 0 Å². The molecular formula is C27H26N2O5. The number of hydrogen-bond acceptors (Lipinski definition) is 4. The Kier molecular flexibility index (Phi) is 6.92. The molecule has 3 N–H and O–H groups in total. The molecule has 0 saturated carbocycles. The van der Waals surface area contributed by atoms with E-state index >= 15 is 0 Å². The lowest BCUT2D eigenvalue weighted by Gasteiger charge is -2.18. The Hall–Kier alpha value is -4.13. The van der Waals surface area contributed by atoms with E-state index in [0.717, 1.165) is 22.3 Å². The number of anilines is 1. The molecule has 34 heavy (non-hydrogen) atoms. The maximum atomic E-state index is 12.6. The van der Waals surface area contributed by atoms with Crippen LogP contribution in [0, 0.1) is 0 Å². The van der Waals surface area contributed by atoms with E-state index in [1.807, 2.05) is 36.4 Å². The van der Waals surface area contributed by atoms with Crippen LogP contribution in [0.25, 0.3) is 11.1 Å². The molecule has 3 aromatic carbocycles. The van der Waals surface area contributed by atoms with Crippen molar-refractivity contribution in [2.75, 3.05) is 11.9 Å². The third-order valence-electron chi connectivity index (χ3n) is 5.95. The number of fused-ring (bicyclic) bond motifs is 3. The van der Waals surface area contributed by atoms with Crippen molar-refractivity contribution in [2.45, 2.75) is 31.7 Å². The van der Waals surface area contributed by atoms with Gasteiger partial charge in [-0.1, -0.05) is 66.7 Å². The number of carbonyl (C=O) groups is 3. The van der Waals surface area contributed by atoms with Gasteiger partial charge in [0, 0.05) is 18.0 Å². The molecule has 1 atom stereocenters. The van der Waals surface area contributed by atoms with Gasteiger partial charge in [-0.05, 0) is 47.2 Å². The van der Waals surface area contributed by atoms with Crippen molar-refractivity contribution in [3.8, 4) is 11.1 Å². The van der Waals surface area contributed by atoms with Gasteiger partial charge in [-0.25, -0.2) is 4.79 Å². The average Bonchev–Trinajstić information content (AvgIpc) is 3.16. The van der Waals surface area contributed by atoms with Gasteiger partial charge in [-0.3, -0.25) is 9.59 Å². The molecule has 0 aliphatic heterocycles. The van der Waals surface area contributed by atoms with E-state index in [1.165, 1.54) is 0 Å². The second-order valence-corrected chi connectivity index (χ2v) is 8.23. The Morgan fingerprint density at radius 2 is 1.50 bits per heavy atom. The number of aliphatic carboxylic acids is 1. The third kappa shape index (κ3) is 5.09. The minimum atomic E-state index is -0.911. The summed E-state index contributed by atoms with van der Waals surface area (Å²) in [6.45, 7) is 1.73. The minimum Gasteiger partial charge on any atom is -0.481 e. The lowest BCUT2D eigenvalue weighted by molar-refractivity contribution is -0.137. The van der Waals surface area contributed by atoms with Crippen LogP contribution in [0.5, 0.6) is 0 Å². The first kappa shape index (κ1) is 23.0. The molecule has 0 aromatic heterocycles. The Bertz CT molecular complexity index is 1180. The quantitative estimate of drug-likeness (QED) is 0.459. The van der Waals surface area contributed by atoms with Gasteiger partial charge in [0.05, 0.1) is 0 Å². The lowest BCUT2D eigenvalue weighted by Crippen LogP contribution is -2.42. The number of carboxylic acid groups (broad SMARTS) is 1. The fourth-order valence-corrected chi connectivity index (χ4v) is 4.23. The van der Waals surface area contributed by atoms with E-state index in [9.17, 15) is 14.4 Å². The number of amides is 2. The van der Waals surface area contributed by atoms with Crippen molar-refractivity contribution in [3.05, 3.63) is 89.5 Å². The summed E-state index contributed by atoms with van der Waals surface area (Å²) in [5.74, 6) is -1.40. The summed E-state index contributed by atoms with van der Waals surface area (Å²) in [6.07, 6.45) is -0.427. The van der Waals surface area contributed by atoms with Gasteiger partial charge in [0.2, 0.25) is 5.91 Å². The third-order valence-corrected chi connectivity index (χ3v) is 5.95. The van der Waals surface area contributed by atoms with Crippen LogP contribution in [0.4, 0.5) is 10.5 Å². The van der Waals surface area contributed by atoms with E-state index in [4.69, 9.17) is 9.84 Å². The Morgan fingerprint density at radius 1 is 0.912 bits per heavy atom. The predicted octanol–water partition coefficient (Wildman–Crippen LogP) is 4.57. The molecule has 1 aliphatic rings. The molecule has 0 unspecified atom stereocenters. The van der Waals surface area contributed by atoms with Crippen LogP contribution in [0.3, 0.4) is 0 Å². The maximum absolute atomic E-state index is 12.6. The molecule has 174 valence electrons. The van der Waals surface area contributed by atoms with Crippen LogP contribution in [0.15, 0.2) is 72.8 Å². The van der Waals surface area contributed by atoms with Gasteiger partial charge < -0.3 is 20.5 Å².